The first-order valence-corrected chi connectivity index (χ1v) is 8.29. The molecule has 0 heterocycles. The second kappa shape index (κ2) is 10.2. The van der Waals surface area contributed by atoms with E-state index in [1.807, 2.05) is 17.0 Å². The van der Waals surface area contributed by atoms with Crippen LogP contribution in [0.25, 0.3) is 0 Å². The fourth-order valence-corrected chi connectivity index (χ4v) is 2.50. The fourth-order valence-electron chi connectivity index (χ4n) is 2.09. The number of halogens is 2. The standard InChI is InChI=1S/C15H21Cl2N3O3/c16-7-9-20(10-8-17)12-3-1-11(2-4-12)19-13(15(22)23)5-6-14(18)21/h1-4,13,19H,5-10H2,(H2,18,21)(H,22,23)/t13-/m0/s1. The van der Waals surface area contributed by atoms with Crippen molar-refractivity contribution in [3.8, 4) is 0 Å². The number of hydrogen-bond donors (Lipinski definition) is 3. The van der Waals surface area contributed by atoms with Gasteiger partial charge in [-0.15, -0.1) is 23.2 Å². The lowest BCUT2D eigenvalue weighted by atomic mass is 10.1. The van der Waals surface area contributed by atoms with E-state index in [0.29, 0.717) is 30.5 Å². The van der Waals surface area contributed by atoms with Crippen LogP contribution in [-0.2, 0) is 9.59 Å². The molecule has 1 aromatic carbocycles. The summed E-state index contributed by atoms with van der Waals surface area (Å²) in [5.74, 6) is -0.566. The number of benzene rings is 1. The summed E-state index contributed by atoms with van der Waals surface area (Å²) in [7, 11) is 0. The molecule has 6 nitrogen and oxygen atoms in total. The molecule has 0 aromatic heterocycles. The quantitative estimate of drug-likeness (QED) is 0.524. The minimum Gasteiger partial charge on any atom is -0.480 e. The van der Waals surface area contributed by atoms with Crippen LogP contribution in [-0.4, -0.2) is 47.9 Å². The van der Waals surface area contributed by atoms with Gasteiger partial charge in [0.15, 0.2) is 0 Å². The predicted molar refractivity (Wildman–Crippen MR) is 93.6 cm³/mol. The lowest BCUT2D eigenvalue weighted by Crippen LogP contribution is -2.31. The van der Waals surface area contributed by atoms with Crippen molar-refractivity contribution in [3.05, 3.63) is 24.3 Å². The number of nitrogens with zero attached hydrogens (tertiary/aromatic N) is 1. The van der Waals surface area contributed by atoms with Crippen LogP contribution in [0.1, 0.15) is 12.8 Å². The van der Waals surface area contributed by atoms with Gasteiger partial charge in [-0.3, -0.25) is 4.79 Å². The Kier molecular flexibility index (Phi) is 8.58. The number of hydrogen-bond acceptors (Lipinski definition) is 4. The second-order valence-electron chi connectivity index (χ2n) is 4.95. The Morgan fingerprint density at radius 1 is 1.17 bits per heavy atom. The van der Waals surface area contributed by atoms with Gasteiger partial charge in [-0.2, -0.15) is 0 Å². The van der Waals surface area contributed by atoms with Crippen molar-refractivity contribution in [1.82, 2.24) is 0 Å². The molecule has 0 aliphatic carbocycles. The van der Waals surface area contributed by atoms with Crippen LogP contribution in [0.5, 0.6) is 0 Å². The summed E-state index contributed by atoms with van der Waals surface area (Å²) in [4.78, 5) is 24.1. The van der Waals surface area contributed by atoms with Crippen LogP contribution in [0.15, 0.2) is 24.3 Å². The molecule has 1 amide bonds. The van der Waals surface area contributed by atoms with Crippen molar-refractivity contribution in [1.29, 1.82) is 0 Å². The molecule has 0 radical (unpaired) electrons. The molecule has 4 N–H and O–H groups in total. The van der Waals surface area contributed by atoms with Crippen LogP contribution in [0.4, 0.5) is 11.4 Å². The van der Waals surface area contributed by atoms with Gasteiger partial charge < -0.3 is 21.1 Å². The van der Waals surface area contributed by atoms with E-state index in [1.54, 1.807) is 12.1 Å². The third-order valence-electron chi connectivity index (χ3n) is 3.26. The maximum absolute atomic E-state index is 11.2. The number of aliphatic carboxylic acids is 1. The largest absolute Gasteiger partial charge is 0.480 e. The number of anilines is 2. The van der Waals surface area contributed by atoms with Gasteiger partial charge >= 0.3 is 5.97 Å². The Morgan fingerprint density at radius 2 is 1.74 bits per heavy atom. The number of carboxylic acids is 1. The highest BCUT2D eigenvalue weighted by Gasteiger charge is 2.18. The van der Waals surface area contributed by atoms with E-state index in [9.17, 15) is 14.7 Å². The van der Waals surface area contributed by atoms with Crippen molar-refractivity contribution in [2.75, 3.05) is 35.1 Å². The smallest absolute Gasteiger partial charge is 0.326 e. The maximum Gasteiger partial charge on any atom is 0.326 e. The monoisotopic (exact) mass is 361 g/mol. The predicted octanol–water partition coefficient (Wildman–Crippen LogP) is 2.10. The number of nitrogens with two attached hydrogens (primary N) is 1. The van der Waals surface area contributed by atoms with E-state index in [0.717, 1.165) is 5.69 Å². The SMILES string of the molecule is NC(=O)CC[C@H](Nc1ccc(N(CCCl)CCCl)cc1)C(=O)O. The first-order chi connectivity index (χ1) is 11.0. The molecule has 8 heteroatoms. The molecule has 128 valence electrons. The van der Waals surface area contributed by atoms with E-state index < -0.39 is 17.9 Å². The highest BCUT2D eigenvalue weighted by Crippen LogP contribution is 2.19. The van der Waals surface area contributed by atoms with Gasteiger partial charge in [0.05, 0.1) is 0 Å². The molecule has 0 aliphatic heterocycles. The summed E-state index contributed by atoms with van der Waals surface area (Å²) < 4.78 is 0. The van der Waals surface area contributed by atoms with E-state index in [4.69, 9.17) is 28.9 Å². The molecule has 0 fully saturated rings. The number of nitrogens with one attached hydrogen (secondary N) is 1. The van der Waals surface area contributed by atoms with Gasteiger partial charge in [-0.25, -0.2) is 4.79 Å². The summed E-state index contributed by atoms with van der Waals surface area (Å²) >= 11 is 11.6. The number of carboxylic acid groups (broad SMARTS) is 1. The van der Waals surface area contributed by atoms with E-state index in [1.165, 1.54) is 0 Å². The summed E-state index contributed by atoms with van der Waals surface area (Å²) in [6.07, 6.45) is 0.151. The topological polar surface area (TPSA) is 95.7 Å². The van der Waals surface area contributed by atoms with Crippen LogP contribution < -0.4 is 16.0 Å². The molecule has 0 saturated heterocycles. The number of primary amides is 1. The molecule has 1 aromatic rings. The molecule has 0 bridgehead atoms. The lowest BCUT2D eigenvalue weighted by Gasteiger charge is -2.23. The third kappa shape index (κ3) is 6.97. The Bertz CT molecular complexity index is 505. The number of rotatable bonds is 11. The van der Waals surface area contributed by atoms with Gasteiger partial charge in [-0.1, -0.05) is 0 Å². The molecule has 0 saturated carbocycles. The third-order valence-corrected chi connectivity index (χ3v) is 3.60. The van der Waals surface area contributed by atoms with Crippen LogP contribution in [0.2, 0.25) is 0 Å². The summed E-state index contributed by atoms with van der Waals surface area (Å²) in [6, 6.07) is 6.44. The van der Waals surface area contributed by atoms with Crippen LogP contribution in [0, 0.1) is 0 Å². The molecule has 0 unspecified atom stereocenters. The zero-order valence-electron chi connectivity index (χ0n) is 12.7. The summed E-state index contributed by atoms with van der Waals surface area (Å²) in [5, 5.41) is 12.1. The molecule has 0 aliphatic rings. The van der Waals surface area contributed by atoms with Crippen LogP contribution >= 0.6 is 23.2 Å². The molecule has 23 heavy (non-hydrogen) atoms. The Hall–Kier alpha value is -1.66. The number of carbonyl (C=O) groups excluding carboxylic acids is 1. The van der Waals surface area contributed by atoms with Crippen molar-refractivity contribution >= 4 is 46.5 Å². The number of carbonyl (C=O) groups is 2. The minimum absolute atomic E-state index is 0.0152. The minimum atomic E-state index is -1.03. The van der Waals surface area contributed by atoms with Gasteiger partial charge in [0.2, 0.25) is 5.91 Å². The summed E-state index contributed by atoms with van der Waals surface area (Å²) in [6.45, 7) is 1.36. The van der Waals surface area contributed by atoms with E-state index in [-0.39, 0.29) is 12.8 Å². The fraction of sp³-hybridized carbons (Fsp3) is 0.467. The highest BCUT2D eigenvalue weighted by atomic mass is 35.5. The van der Waals surface area contributed by atoms with Crippen molar-refractivity contribution in [2.45, 2.75) is 18.9 Å². The molecule has 1 atom stereocenters. The van der Waals surface area contributed by atoms with Crippen molar-refractivity contribution in [2.24, 2.45) is 5.73 Å². The number of alkyl halides is 2. The van der Waals surface area contributed by atoms with E-state index in [2.05, 4.69) is 5.32 Å². The average Bonchev–Trinajstić information content (AvgIpc) is 2.51. The zero-order valence-corrected chi connectivity index (χ0v) is 14.2. The van der Waals surface area contributed by atoms with E-state index >= 15 is 0 Å². The Balaban J connectivity index is 2.73. The summed E-state index contributed by atoms with van der Waals surface area (Å²) in [5.41, 5.74) is 6.67. The maximum atomic E-state index is 11.2. The molecular formula is C15H21Cl2N3O3. The van der Waals surface area contributed by atoms with Crippen molar-refractivity contribution < 1.29 is 14.7 Å². The van der Waals surface area contributed by atoms with Crippen LogP contribution in [0.3, 0.4) is 0 Å². The average molecular weight is 362 g/mol. The highest BCUT2D eigenvalue weighted by molar-refractivity contribution is 6.18. The van der Waals surface area contributed by atoms with Gasteiger partial charge in [0.25, 0.3) is 0 Å². The normalized spacial score (nSPS) is 11.7. The Labute approximate surface area is 145 Å². The molecule has 1 rings (SSSR count). The molecule has 0 spiro atoms. The zero-order chi connectivity index (χ0) is 17.2. The first kappa shape index (κ1) is 19.4. The number of amides is 1. The Morgan fingerprint density at radius 3 is 2.17 bits per heavy atom. The lowest BCUT2D eigenvalue weighted by molar-refractivity contribution is -0.138. The van der Waals surface area contributed by atoms with Crippen molar-refractivity contribution in [3.63, 3.8) is 0 Å². The van der Waals surface area contributed by atoms with Gasteiger partial charge in [0, 0.05) is 42.6 Å². The second-order valence-corrected chi connectivity index (χ2v) is 5.71. The van der Waals surface area contributed by atoms with Gasteiger partial charge in [-0.05, 0) is 30.7 Å². The molecular weight excluding hydrogens is 341 g/mol. The first-order valence-electron chi connectivity index (χ1n) is 7.22. The van der Waals surface area contributed by atoms with Gasteiger partial charge in [0.1, 0.15) is 6.04 Å².